The summed E-state index contributed by atoms with van der Waals surface area (Å²) in [6, 6.07) is 20.2. The maximum atomic E-state index is 13.3. The van der Waals surface area contributed by atoms with Gasteiger partial charge in [-0.15, -0.1) is 0 Å². The fourth-order valence-corrected chi connectivity index (χ4v) is 5.25. The van der Waals surface area contributed by atoms with Gasteiger partial charge in [0.05, 0.1) is 11.1 Å². The molecule has 3 aromatic carbocycles. The Morgan fingerprint density at radius 3 is 2.03 bits per heavy atom. The summed E-state index contributed by atoms with van der Waals surface area (Å²) in [6.45, 7) is 0. The van der Waals surface area contributed by atoms with Gasteiger partial charge in [-0.3, -0.25) is 4.79 Å². The van der Waals surface area contributed by atoms with Crippen LogP contribution in [0.25, 0.3) is 0 Å². The van der Waals surface area contributed by atoms with Gasteiger partial charge in [0, 0.05) is 15.4 Å². The number of carbonyl (C=O) groups is 2. The highest BCUT2D eigenvalue weighted by molar-refractivity contribution is 7.99. The number of carbonyl (C=O) groups excluding carboxylic acids is 2. The lowest BCUT2D eigenvalue weighted by molar-refractivity contribution is -0.137. The lowest BCUT2D eigenvalue weighted by Gasteiger charge is -2.21. The normalized spacial score (nSPS) is 14.8. The molecule has 0 unspecified atom stereocenters. The van der Waals surface area contributed by atoms with Crippen LogP contribution in [-0.4, -0.2) is 17.5 Å². The summed E-state index contributed by atoms with van der Waals surface area (Å²) in [7, 11) is 0. The zero-order valence-corrected chi connectivity index (χ0v) is 21.6. The van der Waals surface area contributed by atoms with Crippen LogP contribution in [0.3, 0.4) is 0 Å². The van der Waals surface area contributed by atoms with Gasteiger partial charge in [-0.05, 0) is 79.4 Å². The molecule has 0 saturated heterocycles. The molecule has 8 heteroatoms. The molecular formula is C30H28F3NO3S. The van der Waals surface area contributed by atoms with E-state index in [1.54, 1.807) is 54.6 Å². The van der Waals surface area contributed by atoms with Crippen molar-refractivity contribution >= 4 is 29.2 Å². The molecule has 0 aliphatic heterocycles. The minimum Gasteiger partial charge on any atom is -0.312 e. The van der Waals surface area contributed by atoms with Crippen molar-refractivity contribution < 1.29 is 27.6 Å². The molecule has 0 bridgehead atoms. The Bertz CT molecular complexity index is 1250. The molecule has 0 atom stereocenters. The van der Waals surface area contributed by atoms with Crippen molar-refractivity contribution in [3.8, 4) is 0 Å². The molecule has 4 nitrogen and oxygen atoms in total. The Morgan fingerprint density at radius 1 is 0.816 bits per heavy atom. The maximum Gasteiger partial charge on any atom is 0.416 e. The van der Waals surface area contributed by atoms with E-state index < -0.39 is 17.7 Å². The minimum atomic E-state index is -4.38. The number of benzene rings is 3. The molecule has 3 aromatic rings. The summed E-state index contributed by atoms with van der Waals surface area (Å²) < 4.78 is 38.4. The zero-order valence-electron chi connectivity index (χ0n) is 20.7. The third kappa shape index (κ3) is 7.81. The first-order valence-corrected chi connectivity index (χ1v) is 13.4. The third-order valence-corrected chi connectivity index (χ3v) is 7.57. The molecule has 0 heterocycles. The average molecular weight is 540 g/mol. The van der Waals surface area contributed by atoms with Crippen molar-refractivity contribution in [2.45, 2.75) is 60.9 Å². The third-order valence-electron chi connectivity index (χ3n) is 6.56. The molecule has 0 N–H and O–H groups in total. The number of Topliss-reactive ketones (excluding diaryl/α,β-unsaturated/α-hetero) is 1. The second-order valence-corrected chi connectivity index (χ2v) is 10.5. The van der Waals surface area contributed by atoms with Gasteiger partial charge in [0.15, 0.2) is 0 Å². The Hall–Kier alpha value is -3.39. The molecule has 198 valence electrons. The Morgan fingerprint density at radius 2 is 1.42 bits per heavy atom. The van der Waals surface area contributed by atoms with Crippen molar-refractivity contribution in [1.82, 2.24) is 0 Å². The van der Waals surface area contributed by atoms with Crippen LogP contribution in [0.4, 0.5) is 13.2 Å². The van der Waals surface area contributed by atoms with E-state index in [0.29, 0.717) is 28.4 Å². The first-order valence-electron chi connectivity index (χ1n) is 12.6. The quantitative estimate of drug-likeness (QED) is 0.118. The van der Waals surface area contributed by atoms with Crippen LogP contribution >= 0.6 is 11.8 Å². The second kappa shape index (κ2) is 12.9. The summed E-state index contributed by atoms with van der Waals surface area (Å²) in [5.41, 5.74) is 0.249. The van der Waals surface area contributed by atoms with Gasteiger partial charge in [0.25, 0.3) is 0 Å². The number of ketones is 1. The molecule has 1 fully saturated rings. The smallest absolute Gasteiger partial charge is 0.312 e. The van der Waals surface area contributed by atoms with E-state index in [1.165, 1.54) is 43.2 Å². The van der Waals surface area contributed by atoms with Crippen molar-refractivity contribution in [3.63, 3.8) is 0 Å². The van der Waals surface area contributed by atoms with E-state index in [0.717, 1.165) is 36.3 Å². The monoisotopic (exact) mass is 539 g/mol. The van der Waals surface area contributed by atoms with Crippen molar-refractivity contribution in [2.24, 2.45) is 11.1 Å². The minimum absolute atomic E-state index is 0.197. The molecule has 1 saturated carbocycles. The van der Waals surface area contributed by atoms with Crippen LogP contribution in [0.1, 0.15) is 71.2 Å². The Balaban J connectivity index is 1.45. The number of hydrogen-bond donors (Lipinski definition) is 0. The molecule has 1 aliphatic carbocycles. The second-order valence-electron chi connectivity index (χ2n) is 9.30. The lowest BCUT2D eigenvalue weighted by atomic mass is 9.85. The van der Waals surface area contributed by atoms with E-state index in [1.807, 2.05) is 0 Å². The summed E-state index contributed by atoms with van der Waals surface area (Å²) in [5.74, 6) is -0.418. The van der Waals surface area contributed by atoms with Gasteiger partial charge in [0.2, 0.25) is 5.78 Å². The highest BCUT2D eigenvalue weighted by Gasteiger charge is 2.30. The average Bonchev–Trinajstić information content (AvgIpc) is 2.94. The number of nitrogens with zero attached hydrogens (tertiary/aromatic N) is 1. The molecule has 0 radical (unpaired) electrons. The van der Waals surface area contributed by atoms with Gasteiger partial charge < -0.3 is 4.84 Å². The van der Waals surface area contributed by atoms with Gasteiger partial charge >= 0.3 is 12.1 Å². The number of oxime groups is 1. The Kier molecular flexibility index (Phi) is 9.39. The number of hydrogen-bond acceptors (Lipinski definition) is 5. The van der Waals surface area contributed by atoms with Gasteiger partial charge in [0.1, 0.15) is 5.71 Å². The van der Waals surface area contributed by atoms with Crippen LogP contribution in [0.5, 0.6) is 0 Å². The predicted octanol–water partition coefficient (Wildman–Crippen LogP) is 8.61. The Labute approximate surface area is 224 Å². The molecule has 0 amide bonds. The maximum absolute atomic E-state index is 13.3. The fraction of sp³-hybridized carbons (Fsp3) is 0.300. The zero-order chi connectivity index (χ0) is 27.0. The van der Waals surface area contributed by atoms with Crippen molar-refractivity contribution in [1.29, 1.82) is 0 Å². The number of halogens is 3. The van der Waals surface area contributed by atoms with Crippen LogP contribution < -0.4 is 0 Å². The van der Waals surface area contributed by atoms with E-state index in [4.69, 9.17) is 4.84 Å². The highest BCUT2D eigenvalue weighted by atomic mass is 32.2. The summed E-state index contributed by atoms with van der Waals surface area (Å²) in [6.07, 6.45) is 2.70. The van der Waals surface area contributed by atoms with Crippen LogP contribution in [0.15, 0.2) is 93.8 Å². The van der Waals surface area contributed by atoms with Crippen LogP contribution in [0.2, 0.25) is 0 Å². The number of rotatable bonds is 9. The van der Waals surface area contributed by atoms with E-state index >= 15 is 0 Å². The van der Waals surface area contributed by atoms with Crippen molar-refractivity contribution in [3.05, 3.63) is 95.6 Å². The number of alkyl halides is 3. The molecule has 0 aromatic heterocycles. The SMILES string of the molecule is O=C(O/N=C(\CCC1CCCCC1)C(=O)c1ccc(Sc2ccc(C(F)(F)F)cc2)cc1)c1ccccc1. The van der Waals surface area contributed by atoms with Gasteiger partial charge in [-0.2, -0.15) is 13.2 Å². The first kappa shape index (κ1) is 27.6. The topological polar surface area (TPSA) is 55.7 Å². The summed E-state index contributed by atoms with van der Waals surface area (Å²) in [5, 5.41) is 4.00. The van der Waals surface area contributed by atoms with Crippen LogP contribution in [0, 0.1) is 5.92 Å². The molecular weight excluding hydrogens is 511 g/mol. The van der Waals surface area contributed by atoms with E-state index in [-0.39, 0.29) is 11.5 Å². The largest absolute Gasteiger partial charge is 0.416 e. The molecule has 38 heavy (non-hydrogen) atoms. The lowest BCUT2D eigenvalue weighted by Crippen LogP contribution is -2.18. The summed E-state index contributed by atoms with van der Waals surface area (Å²) >= 11 is 1.30. The molecule has 1 aliphatic rings. The van der Waals surface area contributed by atoms with E-state index in [2.05, 4.69) is 5.16 Å². The summed E-state index contributed by atoms with van der Waals surface area (Å²) in [4.78, 5) is 32.3. The van der Waals surface area contributed by atoms with Crippen molar-refractivity contribution in [2.75, 3.05) is 0 Å². The standard InChI is InChI=1S/C30H28F3NO3S/c31-30(32,33)24-14-18-26(19-15-24)38-25-16-12-22(13-17-25)28(35)27(20-11-21-7-3-1-4-8-21)34-37-29(36)23-9-5-2-6-10-23/h2,5-6,9-10,12-19,21H,1,3-4,7-8,11,20H2/b34-27+. The molecule has 4 rings (SSSR count). The first-order chi connectivity index (χ1) is 18.3. The molecule has 0 spiro atoms. The van der Waals surface area contributed by atoms with Crippen LogP contribution in [-0.2, 0) is 11.0 Å². The highest BCUT2D eigenvalue weighted by Crippen LogP contribution is 2.33. The fourth-order valence-electron chi connectivity index (χ4n) is 4.43. The predicted molar refractivity (Wildman–Crippen MR) is 141 cm³/mol. The van der Waals surface area contributed by atoms with Gasteiger partial charge in [-0.25, -0.2) is 4.79 Å². The van der Waals surface area contributed by atoms with E-state index in [9.17, 15) is 22.8 Å². The van der Waals surface area contributed by atoms with Gasteiger partial charge in [-0.1, -0.05) is 67.2 Å².